The number of H-pyrrole nitrogens is 1. The van der Waals surface area contributed by atoms with Gasteiger partial charge in [0.25, 0.3) is 5.56 Å². The summed E-state index contributed by atoms with van der Waals surface area (Å²) in [5.41, 5.74) is -0.0314. The van der Waals surface area contributed by atoms with Gasteiger partial charge in [-0.05, 0) is 23.6 Å². The van der Waals surface area contributed by atoms with E-state index in [4.69, 9.17) is 9.52 Å². The van der Waals surface area contributed by atoms with Crippen LogP contribution in [-0.2, 0) is 5.75 Å². The van der Waals surface area contributed by atoms with Crippen molar-refractivity contribution in [3.63, 3.8) is 0 Å². The molecule has 2 N–H and O–H groups in total. The molecule has 0 saturated carbocycles. The van der Waals surface area contributed by atoms with E-state index in [0.717, 1.165) is 4.88 Å². The van der Waals surface area contributed by atoms with Crippen molar-refractivity contribution in [3.05, 3.63) is 51.5 Å². The number of nitrogens with zero attached hydrogens (tertiary/aromatic N) is 2. The fourth-order valence-corrected chi connectivity index (χ4v) is 3.08. The maximum atomic E-state index is 12.0. The van der Waals surface area contributed by atoms with Crippen molar-refractivity contribution < 1.29 is 14.3 Å². The number of rotatable bonds is 5. The molecule has 22 heavy (non-hydrogen) atoms. The molecule has 0 aliphatic rings. The van der Waals surface area contributed by atoms with Crippen LogP contribution in [0.1, 0.15) is 16.3 Å². The Morgan fingerprint density at radius 2 is 2.23 bits per heavy atom. The molecule has 0 aliphatic heterocycles. The molecule has 0 saturated heterocycles. The quantitative estimate of drug-likeness (QED) is 0.689. The Labute approximate surface area is 132 Å². The number of thioether (sulfide) groups is 1. The molecule has 112 valence electrons. The van der Waals surface area contributed by atoms with Crippen LogP contribution in [0.25, 0.3) is 10.6 Å². The zero-order valence-electron chi connectivity index (χ0n) is 11.0. The van der Waals surface area contributed by atoms with E-state index >= 15 is 0 Å². The highest BCUT2D eigenvalue weighted by Crippen LogP contribution is 2.22. The molecule has 0 unspecified atom stereocenters. The van der Waals surface area contributed by atoms with Crippen LogP contribution in [0, 0.1) is 0 Å². The lowest BCUT2D eigenvalue weighted by Gasteiger charge is -1.99. The lowest BCUT2D eigenvalue weighted by Crippen LogP contribution is -2.13. The largest absolute Gasteiger partial charge is 0.475 e. The summed E-state index contributed by atoms with van der Waals surface area (Å²) in [7, 11) is 0. The number of thiophene rings is 1. The third-order valence-electron chi connectivity index (χ3n) is 2.65. The topological polar surface area (TPSA) is 109 Å². The summed E-state index contributed by atoms with van der Waals surface area (Å²) in [5.74, 6) is -0.420. The first-order valence-electron chi connectivity index (χ1n) is 6.09. The third-order valence-corrected chi connectivity index (χ3v) is 4.42. The number of hydrogen-bond acceptors (Lipinski definition) is 7. The first-order chi connectivity index (χ1) is 10.6. The van der Waals surface area contributed by atoms with Gasteiger partial charge in [0.15, 0.2) is 10.9 Å². The highest BCUT2D eigenvalue weighted by molar-refractivity contribution is 7.98. The van der Waals surface area contributed by atoms with Crippen LogP contribution < -0.4 is 5.56 Å². The van der Waals surface area contributed by atoms with Crippen LogP contribution in [0.5, 0.6) is 0 Å². The number of aromatic carboxylic acids is 1. The third kappa shape index (κ3) is 3.10. The maximum Gasteiger partial charge on any atom is 0.371 e. The van der Waals surface area contributed by atoms with Crippen molar-refractivity contribution in [1.82, 2.24) is 15.2 Å². The minimum atomic E-state index is -1.12. The predicted molar refractivity (Wildman–Crippen MR) is 81.2 cm³/mol. The number of nitrogens with one attached hydrogen (secondary N) is 1. The molecule has 0 radical (unpaired) electrons. The molecule has 0 spiro atoms. The van der Waals surface area contributed by atoms with Gasteiger partial charge in [0.2, 0.25) is 5.76 Å². The molecule has 0 amide bonds. The van der Waals surface area contributed by atoms with Crippen molar-refractivity contribution in [2.75, 3.05) is 0 Å². The molecule has 0 atom stereocenters. The minimum absolute atomic E-state index is 0.122. The van der Waals surface area contributed by atoms with Crippen LogP contribution >= 0.6 is 23.1 Å². The fourth-order valence-electron chi connectivity index (χ4n) is 1.67. The molecule has 0 bridgehead atoms. The molecular weight excluding hydrogens is 326 g/mol. The van der Waals surface area contributed by atoms with Gasteiger partial charge in [0.1, 0.15) is 5.76 Å². The van der Waals surface area contributed by atoms with E-state index in [1.54, 1.807) is 12.1 Å². The van der Waals surface area contributed by atoms with Crippen LogP contribution in [0.15, 0.2) is 44.0 Å². The van der Waals surface area contributed by atoms with Gasteiger partial charge < -0.3 is 9.52 Å². The second-order valence-electron chi connectivity index (χ2n) is 4.14. The van der Waals surface area contributed by atoms with Crippen LogP contribution in [0.3, 0.4) is 0 Å². The van der Waals surface area contributed by atoms with Gasteiger partial charge in [-0.15, -0.1) is 21.5 Å². The summed E-state index contributed by atoms with van der Waals surface area (Å²) in [4.78, 5) is 26.1. The normalized spacial score (nSPS) is 10.7. The summed E-state index contributed by atoms with van der Waals surface area (Å²) < 4.78 is 5.12. The van der Waals surface area contributed by atoms with E-state index in [1.807, 2.05) is 11.4 Å². The van der Waals surface area contributed by atoms with Gasteiger partial charge in [-0.1, -0.05) is 17.8 Å². The zero-order chi connectivity index (χ0) is 15.5. The van der Waals surface area contributed by atoms with Gasteiger partial charge in [0, 0.05) is 0 Å². The van der Waals surface area contributed by atoms with Gasteiger partial charge in [-0.3, -0.25) is 9.78 Å². The Hall–Kier alpha value is -2.39. The summed E-state index contributed by atoms with van der Waals surface area (Å²) in [6, 6.07) is 6.59. The second kappa shape index (κ2) is 6.16. The predicted octanol–water partition coefficient (Wildman–Crippen LogP) is 2.48. The second-order valence-corrected chi connectivity index (χ2v) is 6.06. The van der Waals surface area contributed by atoms with E-state index in [9.17, 15) is 9.59 Å². The highest BCUT2D eigenvalue weighted by Gasteiger charge is 2.11. The van der Waals surface area contributed by atoms with E-state index in [-0.39, 0.29) is 17.0 Å². The average Bonchev–Trinajstić information content (AvgIpc) is 3.17. The summed E-state index contributed by atoms with van der Waals surface area (Å²) in [6.45, 7) is 0. The Morgan fingerprint density at radius 3 is 2.86 bits per heavy atom. The average molecular weight is 335 g/mol. The van der Waals surface area contributed by atoms with Gasteiger partial charge in [-0.2, -0.15) is 0 Å². The number of aromatic amines is 1. The number of furan rings is 1. The van der Waals surface area contributed by atoms with Crippen molar-refractivity contribution >= 4 is 29.1 Å². The first kappa shape index (κ1) is 14.5. The Kier molecular flexibility index (Phi) is 4.07. The zero-order valence-corrected chi connectivity index (χ0v) is 12.6. The van der Waals surface area contributed by atoms with Crippen molar-refractivity contribution in [2.45, 2.75) is 10.9 Å². The van der Waals surface area contributed by atoms with E-state index in [0.29, 0.717) is 16.7 Å². The number of aromatic nitrogens is 3. The molecule has 9 heteroatoms. The van der Waals surface area contributed by atoms with Gasteiger partial charge >= 0.3 is 5.97 Å². The Bertz CT molecular complexity index is 854. The van der Waals surface area contributed by atoms with Crippen molar-refractivity contribution in [2.24, 2.45) is 0 Å². The summed E-state index contributed by atoms with van der Waals surface area (Å²) >= 11 is 2.62. The fraction of sp³-hybridized carbons (Fsp3) is 0.0769. The molecule has 0 fully saturated rings. The molecule has 3 aromatic heterocycles. The van der Waals surface area contributed by atoms with E-state index in [1.165, 1.54) is 29.2 Å². The number of carboxylic acid groups (broad SMARTS) is 1. The van der Waals surface area contributed by atoms with Crippen LogP contribution in [0.4, 0.5) is 0 Å². The smallest absolute Gasteiger partial charge is 0.371 e. The number of carbonyl (C=O) groups is 1. The molecule has 7 nitrogen and oxygen atoms in total. The van der Waals surface area contributed by atoms with Crippen LogP contribution in [-0.4, -0.2) is 26.3 Å². The van der Waals surface area contributed by atoms with Crippen LogP contribution in [0.2, 0.25) is 0 Å². The molecular formula is C13H9N3O4S2. The number of hydrogen-bond donors (Lipinski definition) is 2. The van der Waals surface area contributed by atoms with E-state index < -0.39 is 5.97 Å². The lowest BCUT2D eigenvalue weighted by atomic mass is 10.4. The standard InChI is InChI=1S/C13H9N3O4S2/c17-11-10(9-2-1-5-21-9)15-16-13(14-11)22-6-7-3-4-8(20-7)12(18)19/h1-5H,6H2,(H,18,19)(H,14,16,17). The lowest BCUT2D eigenvalue weighted by molar-refractivity contribution is 0.0661. The van der Waals surface area contributed by atoms with Crippen molar-refractivity contribution in [3.8, 4) is 10.6 Å². The summed E-state index contributed by atoms with van der Waals surface area (Å²) in [6.07, 6.45) is 0. The molecule has 3 rings (SSSR count). The van der Waals surface area contributed by atoms with Gasteiger partial charge in [-0.25, -0.2) is 4.79 Å². The summed E-state index contributed by atoms with van der Waals surface area (Å²) in [5, 5.41) is 18.9. The Balaban J connectivity index is 1.72. The SMILES string of the molecule is O=C(O)c1ccc(CSc2nnc(-c3cccs3)c(=O)[nH]2)o1. The monoisotopic (exact) mass is 335 g/mol. The molecule has 3 heterocycles. The first-order valence-corrected chi connectivity index (χ1v) is 7.95. The highest BCUT2D eigenvalue weighted by atomic mass is 32.2. The minimum Gasteiger partial charge on any atom is -0.475 e. The number of carboxylic acids is 1. The molecule has 3 aromatic rings. The molecule has 0 aliphatic carbocycles. The van der Waals surface area contributed by atoms with E-state index in [2.05, 4.69) is 15.2 Å². The Morgan fingerprint density at radius 1 is 1.36 bits per heavy atom. The molecule has 0 aromatic carbocycles. The van der Waals surface area contributed by atoms with Gasteiger partial charge in [0.05, 0.1) is 10.6 Å². The maximum absolute atomic E-state index is 12.0. The van der Waals surface area contributed by atoms with Crippen molar-refractivity contribution in [1.29, 1.82) is 0 Å².